The van der Waals surface area contributed by atoms with Gasteiger partial charge in [0.15, 0.2) is 11.6 Å². The van der Waals surface area contributed by atoms with Crippen LogP contribution in [0.2, 0.25) is 0 Å². The number of nitrogens with one attached hydrogen (secondary N) is 3. The number of H-pyrrole nitrogens is 1. The van der Waals surface area contributed by atoms with Gasteiger partial charge in [0.25, 0.3) is 5.56 Å². The summed E-state index contributed by atoms with van der Waals surface area (Å²) in [7, 11) is -3.61. The molecule has 0 bridgehead atoms. The topological polar surface area (TPSA) is 109 Å². The average molecular weight is 436 g/mol. The molecule has 3 N–H and O–H groups in total. The van der Waals surface area contributed by atoms with Gasteiger partial charge in [0, 0.05) is 47.3 Å². The van der Waals surface area contributed by atoms with Crippen molar-refractivity contribution in [3.63, 3.8) is 0 Å². The highest BCUT2D eigenvalue weighted by atomic mass is 32.2. The van der Waals surface area contributed by atoms with E-state index in [9.17, 15) is 17.6 Å². The largest absolute Gasteiger partial charge is 0.336 e. The zero-order valence-electron chi connectivity index (χ0n) is 15.2. The Morgan fingerprint density at radius 2 is 2.14 bits per heavy atom. The molecule has 2 atom stereocenters. The standard InChI is InChI=1S/C18H18FN5O3S2/c19-18-12-9-20-29(26,27)15(12)4-3-13(18)21-16-8-14(22-23-16)10-1-2-11(7-10)24-17(25)5-6-28-24/h3-6,8,10-11,20H,1-2,7,9H2,(H2,21,22,23)/t10-,11+/m1/s1. The monoisotopic (exact) mass is 435 g/mol. The SMILES string of the molecule is O=c1ccsn1[C@H]1CC[C@@H](c2cc(Nc3ccc4c(c3F)CNS4(=O)=O)n[nH]2)C1. The van der Waals surface area contributed by atoms with Crippen LogP contribution in [0, 0.1) is 5.82 Å². The third-order valence-corrected chi connectivity index (χ3v) is 8.02. The number of hydrogen-bond acceptors (Lipinski definition) is 6. The number of nitrogens with zero attached hydrogens (tertiary/aromatic N) is 2. The Morgan fingerprint density at radius 3 is 2.93 bits per heavy atom. The highest BCUT2D eigenvalue weighted by Crippen LogP contribution is 2.41. The third kappa shape index (κ3) is 3.18. The maximum atomic E-state index is 14.7. The molecule has 5 rings (SSSR count). The van der Waals surface area contributed by atoms with Crippen LogP contribution in [0.25, 0.3) is 0 Å². The van der Waals surface area contributed by atoms with Gasteiger partial charge < -0.3 is 5.32 Å². The van der Waals surface area contributed by atoms with Crippen molar-refractivity contribution in [1.29, 1.82) is 0 Å². The van der Waals surface area contributed by atoms with Gasteiger partial charge in [-0.25, -0.2) is 17.5 Å². The van der Waals surface area contributed by atoms with Gasteiger partial charge in [-0.1, -0.05) is 11.5 Å². The number of aromatic amines is 1. The average Bonchev–Trinajstić information content (AvgIpc) is 3.44. The molecule has 2 aromatic heterocycles. The van der Waals surface area contributed by atoms with Gasteiger partial charge >= 0.3 is 0 Å². The van der Waals surface area contributed by atoms with Crippen molar-refractivity contribution in [2.24, 2.45) is 0 Å². The van der Waals surface area contributed by atoms with Crippen LogP contribution in [0.3, 0.4) is 0 Å². The normalized spacial score (nSPS) is 22.7. The molecule has 29 heavy (non-hydrogen) atoms. The molecule has 1 aliphatic heterocycles. The lowest BCUT2D eigenvalue weighted by Gasteiger charge is -2.10. The van der Waals surface area contributed by atoms with Crippen LogP contribution >= 0.6 is 11.5 Å². The van der Waals surface area contributed by atoms with E-state index in [4.69, 9.17) is 0 Å². The summed E-state index contributed by atoms with van der Waals surface area (Å²) in [5, 5.41) is 12.0. The van der Waals surface area contributed by atoms with Crippen molar-refractivity contribution in [3.05, 3.63) is 57.1 Å². The van der Waals surface area contributed by atoms with E-state index < -0.39 is 15.8 Å². The molecule has 8 nitrogen and oxygen atoms in total. The number of sulfonamides is 1. The lowest BCUT2D eigenvalue weighted by atomic mass is 10.0. The van der Waals surface area contributed by atoms with E-state index in [2.05, 4.69) is 20.2 Å². The van der Waals surface area contributed by atoms with Crippen LogP contribution in [0.15, 0.2) is 39.3 Å². The summed E-state index contributed by atoms with van der Waals surface area (Å²) >= 11 is 1.44. The lowest BCUT2D eigenvalue weighted by Crippen LogP contribution is -2.16. The van der Waals surface area contributed by atoms with Crippen LogP contribution in [0.1, 0.15) is 42.5 Å². The quantitative estimate of drug-likeness (QED) is 0.584. The molecule has 0 amide bonds. The number of aromatic nitrogens is 3. The maximum absolute atomic E-state index is 14.7. The number of fused-ring (bicyclic) bond motifs is 1. The molecule has 3 heterocycles. The second kappa shape index (κ2) is 6.78. The Bertz CT molecular complexity index is 1250. The third-order valence-electron chi connectivity index (χ3n) is 5.57. The molecule has 11 heteroatoms. The number of hydrogen-bond donors (Lipinski definition) is 3. The molecule has 1 aromatic carbocycles. The van der Waals surface area contributed by atoms with Crippen molar-refractivity contribution in [3.8, 4) is 0 Å². The first-order chi connectivity index (χ1) is 13.9. The molecule has 3 aromatic rings. The molecular weight excluding hydrogens is 417 g/mol. The molecule has 152 valence electrons. The van der Waals surface area contributed by atoms with Gasteiger partial charge in [0.05, 0.1) is 10.6 Å². The number of anilines is 2. The molecular formula is C18H18FN5O3S2. The van der Waals surface area contributed by atoms with E-state index >= 15 is 0 Å². The second-order valence-electron chi connectivity index (χ2n) is 7.30. The number of benzene rings is 1. The van der Waals surface area contributed by atoms with Crippen LogP contribution < -0.4 is 15.6 Å². The summed E-state index contributed by atoms with van der Waals surface area (Å²) in [6, 6.07) is 6.41. The molecule has 1 aliphatic carbocycles. The summed E-state index contributed by atoms with van der Waals surface area (Å²) in [5.41, 5.74) is 1.28. The molecule has 0 radical (unpaired) electrons. The van der Waals surface area contributed by atoms with E-state index in [0.29, 0.717) is 5.82 Å². The van der Waals surface area contributed by atoms with Crippen molar-refractivity contribution >= 4 is 33.1 Å². The first-order valence-corrected chi connectivity index (χ1v) is 11.5. The first-order valence-electron chi connectivity index (χ1n) is 9.22. The highest BCUT2D eigenvalue weighted by molar-refractivity contribution is 7.89. The van der Waals surface area contributed by atoms with Crippen LogP contribution in [-0.2, 0) is 16.6 Å². The Kier molecular flexibility index (Phi) is 4.33. The fraction of sp³-hybridized carbons (Fsp3) is 0.333. The minimum atomic E-state index is -3.61. The van der Waals surface area contributed by atoms with Gasteiger partial charge in [-0.2, -0.15) is 5.10 Å². The zero-order chi connectivity index (χ0) is 20.2. The minimum absolute atomic E-state index is 0.0240. The summed E-state index contributed by atoms with van der Waals surface area (Å²) < 4.78 is 42.5. The highest BCUT2D eigenvalue weighted by Gasteiger charge is 2.31. The molecule has 0 saturated heterocycles. The van der Waals surface area contributed by atoms with Gasteiger partial charge in [-0.05, 0) is 31.4 Å². The van der Waals surface area contributed by atoms with Gasteiger partial charge in [0.2, 0.25) is 10.0 Å². The minimum Gasteiger partial charge on any atom is -0.336 e. The smallest absolute Gasteiger partial charge is 0.260 e. The van der Waals surface area contributed by atoms with Crippen molar-refractivity contribution < 1.29 is 12.8 Å². The Morgan fingerprint density at radius 1 is 1.28 bits per heavy atom. The fourth-order valence-corrected chi connectivity index (χ4v) is 6.17. The van der Waals surface area contributed by atoms with Crippen molar-refractivity contribution in [1.82, 2.24) is 18.9 Å². The Hall–Kier alpha value is -2.50. The van der Waals surface area contributed by atoms with Gasteiger partial charge in [0.1, 0.15) is 0 Å². The molecule has 2 aliphatic rings. The van der Waals surface area contributed by atoms with Crippen LogP contribution in [-0.4, -0.2) is 22.6 Å². The van der Waals surface area contributed by atoms with E-state index in [-0.39, 0.29) is 40.2 Å². The fourth-order valence-electron chi connectivity index (χ4n) is 4.11. The van der Waals surface area contributed by atoms with E-state index in [0.717, 1.165) is 25.0 Å². The van der Waals surface area contributed by atoms with Crippen LogP contribution in [0.4, 0.5) is 15.9 Å². The predicted octanol–water partition coefficient (Wildman–Crippen LogP) is 2.82. The summed E-state index contributed by atoms with van der Waals surface area (Å²) in [4.78, 5) is 11.9. The van der Waals surface area contributed by atoms with E-state index in [1.165, 1.54) is 23.7 Å². The van der Waals surface area contributed by atoms with E-state index in [1.807, 2.05) is 10.0 Å². The summed E-state index contributed by atoms with van der Waals surface area (Å²) in [6.45, 7) is -0.0591. The Labute approximate surface area is 170 Å². The summed E-state index contributed by atoms with van der Waals surface area (Å²) in [5.74, 6) is 0.110. The number of halogens is 1. The molecule has 0 spiro atoms. The second-order valence-corrected chi connectivity index (χ2v) is 9.91. The predicted molar refractivity (Wildman–Crippen MR) is 107 cm³/mol. The summed E-state index contributed by atoms with van der Waals surface area (Å²) in [6.07, 6.45) is 2.71. The molecule has 0 unspecified atom stereocenters. The van der Waals surface area contributed by atoms with E-state index in [1.54, 1.807) is 11.4 Å². The van der Waals surface area contributed by atoms with Crippen molar-refractivity contribution in [2.75, 3.05) is 5.32 Å². The number of rotatable bonds is 4. The zero-order valence-corrected chi connectivity index (χ0v) is 16.8. The Balaban J connectivity index is 1.33. The van der Waals surface area contributed by atoms with Crippen molar-refractivity contribution in [2.45, 2.75) is 42.7 Å². The molecule has 1 saturated carbocycles. The van der Waals surface area contributed by atoms with Crippen LogP contribution in [0.5, 0.6) is 0 Å². The first kappa shape index (κ1) is 18.5. The maximum Gasteiger partial charge on any atom is 0.260 e. The van der Waals surface area contributed by atoms with Gasteiger partial charge in [-0.3, -0.25) is 13.8 Å². The lowest BCUT2D eigenvalue weighted by molar-refractivity contribution is 0.533. The molecule has 1 fully saturated rings. The van der Waals surface area contributed by atoms with Gasteiger partial charge in [-0.15, -0.1) is 0 Å².